The van der Waals surface area contributed by atoms with E-state index in [4.69, 9.17) is 11.6 Å². The second-order valence-corrected chi connectivity index (χ2v) is 4.48. The van der Waals surface area contributed by atoms with E-state index in [-0.39, 0.29) is 17.9 Å². The van der Waals surface area contributed by atoms with Crippen LogP contribution in [0.5, 0.6) is 0 Å². The van der Waals surface area contributed by atoms with Gasteiger partial charge in [-0.25, -0.2) is 0 Å². The minimum atomic E-state index is -0.168. The third kappa shape index (κ3) is 1.92. The Bertz CT molecular complexity index is 404. The molecule has 1 aliphatic heterocycles. The van der Waals surface area contributed by atoms with Crippen LogP contribution >= 0.6 is 11.6 Å². The van der Waals surface area contributed by atoms with Crippen molar-refractivity contribution in [2.75, 3.05) is 10.6 Å². The second kappa shape index (κ2) is 3.74. The first-order valence-corrected chi connectivity index (χ1v) is 5.32. The summed E-state index contributed by atoms with van der Waals surface area (Å²) in [5, 5.41) is 6.67. The smallest absolute Gasteiger partial charge is 0.247 e. The lowest BCUT2D eigenvalue weighted by Crippen LogP contribution is -2.42. The molecule has 0 fully saturated rings. The number of carbonyl (C=O) groups excluding carboxylic acids is 1. The number of carbonyl (C=O) groups is 1. The number of amides is 1. The molecule has 2 N–H and O–H groups in total. The molecule has 1 amide bonds. The molecular weight excluding hydrogens is 212 g/mol. The quantitative estimate of drug-likeness (QED) is 0.770. The van der Waals surface area contributed by atoms with Gasteiger partial charge in [0.2, 0.25) is 5.91 Å². The molecule has 0 bridgehead atoms. The Morgan fingerprint density at radius 2 is 2.07 bits per heavy atom. The van der Waals surface area contributed by atoms with Gasteiger partial charge in [0, 0.05) is 5.02 Å². The Kier molecular flexibility index (Phi) is 2.57. The summed E-state index contributed by atoms with van der Waals surface area (Å²) in [5.74, 6) is 0.258. The van der Waals surface area contributed by atoms with Crippen LogP contribution in [-0.2, 0) is 4.79 Å². The maximum atomic E-state index is 11.7. The molecule has 3 nitrogen and oxygen atoms in total. The van der Waals surface area contributed by atoms with Gasteiger partial charge >= 0.3 is 0 Å². The molecule has 0 spiro atoms. The first-order chi connectivity index (χ1) is 7.08. The predicted octanol–water partition coefficient (Wildman–Crippen LogP) is 2.73. The molecule has 80 valence electrons. The summed E-state index contributed by atoms with van der Waals surface area (Å²) in [6.07, 6.45) is 0. The second-order valence-electron chi connectivity index (χ2n) is 4.05. The third-order valence-corrected chi connectivity index (χ3v) is 2.73. The highest BCUT2D eigenvalue weighted by Gasteiger charge is 2.27. The summed E-state index contributed by atoms with van der Waals surface area (Å²) >= 11 is 5.84. The Hall–Kier alpha value is -1.22. The fraction of sp³-hybridized carbons (Fsp3) is 0.364. The van der Waals surface area contributed by atoms with Crippen molar-refractivity contribution in [2.24, 2.45) is 5.92 Å². The van der Waals surface area contributed by atoms with Crippen molar-refractivity contribution in [3.63, 3.8) is 0 Å². The van der Waals surface area contributed by atoms with Gasteiger partial charge < -0.3 is 10.6 Å². The molecule has 1 aromatic carbocycles. The van der Waals surface area contributed by atoms with Crippen LogP contribution < -0.4 is 10.6 Å². The van der Waals surface area contributed by atoms with E-state index >= 15 is 0 Å². The van der Waals surface area contributed by atoms with Gasteiger partial charge in [-0.3, -0.25) is 4.79 Å². The lowest BCUT2D eigenvalue weighted by Gasteiger charge is -2.29. The molecule has 1 atom stereocenters. The fourth-order valence-corrected chi connectivity index (χ4v) is 1.83. The van der Waals surface area contributed by atoms with Crippen molar-refractivity contribution in [2.45, 2.75) is 19.9 Å². The topological polar surface area (TPSA) is 41.1 Å². The molecular formula is C11H13ClN2O. The number of fused-ring (bicyclic) bond motifs is 1. The van der Waals surface area contributed by atoms with Gasteiger partial charge in [0.1, 0.15) is 6.04 Å². The molecule has 0 unspecified atom stereocenters. The first kappa shape index (κ1) is 10.3. The number of hydrogen-bond acceptors (Lipinski definition) is 2. The van der Waals surface area contributed by atoms with Gasteiger partial charge in [-0.2, -0.15) is 0 Å². The molecule has 0 saturated carbocycles. The monoisotopic (exact) mass is 224 g/mol. The molecule has 1 aliphatic rings. The summed E-state index contributed by atoms with van der Waals surface area (Å²) in [6.45, 7) is 4.02. The van der Waals surface area contributed by atoms with Crippen LogP contribution in [0.2, 0.25) is 5.02 Å². The van der Waals surface area contributed by atoms with Gasteiger partial charge in [-0.05, 0) is 24.1 Å². The van der Waals surface area contributed by atoms with E-state index < -0.39 is 0 Å². The van der Waals surface area contributed by atoms with Crippen molar-refractivity contribution in [3.05, 3.63) is 23.2 Å². The zero-order valence-corrected chi connectivity index (χ0v) is 9.43. The normalized spacial score (nSPS) is 19.5. The summed E-state index contributed by atoms with van der Waals surface area (Å²) < 4.78 is 0. The van der Waals surface area contributed by atoms with E-state index in [1.54, 1.807) is 6.07 Å². The summed E-state index contributed by atoms with van der Waals surface area (Å²) in [7, 11) is 0. The Labute approximate surface area is 93.8 Å². The van der Waals surface area contributed by atoms with Crippen molar-refractivity contribution < 1.29 is 4.79 Å². The van der Waals surface area contributed by atoms with Gasteiger partial charge in [-0.1, -0.05) is 25.4 Å². The highest BCUT2D eigenvalue weighted by Crippen LogP contribution is 2.30. The van der Waals surface area contributed by atoms with Crippen LogP contribution in [-0.4, -0.2) is 11.9 Å². The average Bonchev–Trinajstić information content (AvgIpc) is 2.15. The van der Waals surface area contributed by atoms with Crippen molar-refractivity contribution in [3.8, 4) is 0 Å². The number of benzene rings is 1. The number of hydrogen-bond donors (Lipinski definition) is 2. The van der Waals surface area contributed by atoms with Crippen LogP contribution in [0.4, 0.5) is 11.4 Å². The van der Waals surface area contributed by atoms with Crippen molar-refractivity contribution in [1.82, 2.24) is 0 Å². The Morgan fingerprint density at radius 3 is 2.73 bits per heavy atom. The maximum absolute atomic E-state index is 11.7. The molecule has 0 aromatic heterocycles. The zero-order valence-electron chi connectivity index (χ0n) is 8.67. The molecule has 1 aromatic rings. The first-order valence-electron chi connectivity index (χ1n) is 4.95. The lowest BCUT2D eigenvalue weighted by molar-refractivity contribution is -0.117. The molecule has 2 rings (SSSR count). The summed E-state index contributed by atoms with van der Waals surface area (Å²) in [5.41, 5.74) is 1.68. The van der Waals surface area contributed by atoms with Gasteiger partial charge in [0.05, 0.1) is 11.4 Å². The molecule has 0 saturated heterocycles. The van der Waals surface area contributed by atoms with Crippen LogP contribution in [0.3, 0.4) is 0 Å². The maximum Gasteiger partial charge on any atom is 0.247 e. The van der Waals surface area contributed by atoms with Crippen LogP contribution in [0.1, 0.15) is 13.8 Å². The van der Waals surface area contributed by atoms with E-state index in [1.807, 2.05) is 26.0 Å². The van der Waals surface area contributed by atoms with Crippen molar-refractivity contribution >= 4 is 28.9 Å². The van der Waals surface area contributed by atoms with Crippen molar-refractivity contribution in [1.29, 1.82) is 0 Å². The Balaban J connectivity index is 2.34. The van der Waals surface area contributed by atoms with E-state index in [9.17, 15) is 4.79 Å². The number of anilines is 2. The molecule has 0 aliphatic carbocycles. The average molecular weight is 225 g/mol. The fourth-order valence-electron chi connectivity index (χ4n) is 1.66. The van der Waals surface area contributed by atoms with E-state index in [0.717, 1.165) is 11.4 Å². The molecule has 1 heterocycles. The van der Waals surface area contributed by atoms with Crippen LogP contribution in [0.15, 0.2) is 18.2 Å². The zero-order chi connectivity index (χ0) is 11.0. The minimum Gasteiger partial charge on any atom is -0.372 e. The number of halogens is 1. The minimum absolute atomic E-state index is 0.000216. The predicted molar refractivity (Wildman–Crippen MR) is 62.3 cm³/mol. The van der Waals surface area contributed by atoms with Gasteiger partial charge in [0.25, 0.3) is 0 Å². The third-order valence-electron chi connectivity index (χ3n) is 2.50. The van der Waals surface area contributed by atoms with E-state index in [0.29, 0.717) is 5.02 Å². The largest absolute Gasteiger partial charge is 0.372 e. The number of nitrogens with one attached hydrogen (secondary N) is 2. The van der Waals surface area contributed by atoms with Crippen LogP contribution in [0.25, 0.3) is 0 Å². The molecule has 15 heavy (non-hydrogen) atoms. The van der Waals surface area contributed by atoms with E-state index in [1.165, 1.54) is 0 Å². The standard InChI is InChI=1S/C11H13ClN2O/c1-6(2)10-11(15)14-9-5-7(12)3-4-8(9)13-10/h3-6,10,13H,1-2H3,(H,14,15)/t10-/m0/s1. The number of rotatable bonds is 1. The van der Waals surface area contributed by atoms with Crippen LogP contribution in [0, 0.1) is 5.92 Å². The summed E-state index contributed by atoms with van der Waals surface area (Å²) in [6, 6.07) is 5.27. The highest BCUT2D eigenvalue weighted by molar-refractivity contribution is 6.31. The highest BCUT2D eigenvalue weighted by atomic mass is 35.5. The summed E-state index contributed by atoms with van der Waals surface area (Å²) in [4.78, 5) is 11.7. The molecule has 0 radical (unpaired) electrons. The van der Waals surface area contributed by atoms with Gasteiger partial charge in [0.15, 0.2) is 0 Å². The molecule has 4 heteroatoms. The SMILES string of the molecule is CC(C)[C@@H]1Nc2ccc(Cl)cc2NC1=O. The lowest BCUT2D eigenvalue weighted by atomic mass is 10.0. The Morgan fingerprint density at radius 1 is 1.33 bits per heavy atom. The van der Waals surface area contributed by atoms with Gasteiger partial charge in [-0.15, -0.1) is 0 Å². The van der Waals surface area contributed by atoms with E-state index in [2.05, 4.69) is 10.6 Å².